The Balaban J connectivity index is 2.01. The van der Waals surface area contributed by atoms with Gasteiger partial charge in [0.2, 0.25) is 5.88 Å². The van der Waals surface area contributed by atoms with Gasteiger partial charge in [0.15, 0.2) is 11.6 Å². The molecule has 0 unspecified atom stereocenters. The summed E-state index contributed by atoms with van der Waals surface area (Å²) in [5.74, 6) is -1.22. The fourth-order valence-electron chi connectivity index (χ4n) is 1.94. The fourth-order valence-corrected chi connectivity index (χ4v) is 1.94. The van der Waals surface area contributed by atoms with E-state index in [1.807, 2.05) is 0 Å². The molecule has 118 valence electrons. The van der Waals surface area contributed by atoms with Gasteiger partial charge in [-0.25, -0.2) is 13.8 Å². The van der Waals surface area contributed by atoms with E-state index in [-0.39, 0.29) is 11.6 Å². The number of rotatable bonds is 8. The number of unbranched alkanes of at least 4 members (excludes halogenated alkanes) is 2. The first-order valence-corrected chi connectivity index (χ1v) is 7.22. The first-order valence-electron chi connectivity index (χ1n) is 7.22. The number of halogens is 2. The molecule has 4 nitrogen and oxygen atoms in total. The van der Waals surface area contributed by atoms with Gasteiger partial charge in [-0.3, -0.25) is 0 Å². The van der Waals surface area contributed by atoms with E-state index in [0.717, 1.165) is 37.9 Å². The van der Waals surface area contributed by atoms with Crippen molar-refractivity contribution in [1.29, 1.82) is 0 Å². The third-order valence-corrected chi connectivity index (χ3v) is 3.07. The average molecular weight is 307 g/mol. The van der Waals surface area contributed by atoms with Crippen molar-refractivity contribution in [3.8, 4) is 11.6 Å². The highest BCUT2D eigenvalue weighted by atomic mass is 19.1. The van der Waals surface area contributed by atoms with Gasteiger partial charge >= 0.3 is 0 Å². The molecule has 0 aliphatic carbocycles. The summed E-state index contributed by atoms with van der Waals surface area (Å²) in [6.45, 7) is 1.43. The van der Waals surface area contributed by atoms with Crippen molar-refractivity contribution in [3.63, 3.8) is 0 Å². The van der Waals surface area contributed by atoms with Crippen LogP contribution in [0, 0.1) is 11.6 Å². The Morgan fingerprint density at radius 2 is 2.00 bits per heavy atom. The van der Waals surface area contributed by atoms with E-state index in [1.54, 1.807) is 18.3 Å². The third kappa shape index (κ3) is 4.66. The van der Waals surface area contributed by atoms with Crippen LogP contribution in [0.2, 0.25) is 0 Å². The summed E-state index contributed by atoms with van der Waals surface area (Å²) in [6.07, 6.45) is 4.54. The zero-order valence-corrected chi connectivity index (χ0v) is 12.2. The molecule has 0 spiro atoms. The number of pyridine rings is 1. The van der Waals surface area contributed by atoms with Gasteiger partial charge in [0.05, 0.1) is 5.69 Å². The van der Waals surface area contributed by atoms with Crippen LogP contribution in [-0.4, -0.2) is 18.1 Å². The molecule has 3 N–H and O–H groups in total. The third-order valence-electron chi connectivity index (χ3n) is 3.07. The van der Waals surface area contributed by atoms with Crippen LogP contribution < -0.4 is 15.8 Å². The minimum Gasteiger partial charge on any atom is -0.434 e. The Labute approximate surface area is 128 Å². The molecule has 2 rings (SSSR count). The number of nitrogens with two attached hydrogens (primary N) is 1. The number of ether oxygens (including phenoxy) is 1. The lowest BCUT2D eigenvalue weighted by molar-refractivity contribution is 0.425. The van der Waals surface area contributed by atoms with Crippen LogP contribution in [-0.2, 0) is 0 Å². The van der Waals surface area contributed by atoms with Crippen molar-refractivity contribution in [1.82, 2.24) is 4.98 Å². The summed E-state index contributed by atoms with van der Waals surface area (Å²) in [7, 11) is 0. The Morgan fingerprint density at radius 3 is 2.77 bits per heavy atom. The highest BCUT2D eigenvalue weighted by Crippen LogP contribution is 2.28. The molecule has 1 heterocycles. The standard InChI is InChI=1S/C16H19F2N3O/c17-12-6-7-15(13(18)11-12)22-16-14(5-4-10-21-16)20-9-3-1-2-8-19/h4-7,10-11,20H,1-3,8-9,19H2. The fraction of sp³-hybridized carbons (Fsp3) is 0.312. The molecule has 0 saturated heterocycles. The van der Waals surface area contributed by atoms with Gasteiger partial charge in [-0.1, -0.05) is 6.42 Å². The SMILES string of the molecule is NCCCCCNc1cccnc1Oc1ccc(F)cc1F. The largest absolute Gasteiger partial charge is 0.434 e. The molecule has 0 bridgehead atoms. The van der Waals surface area contributed by atoms with Crippen LogP contribution in [0.1, 0.15) is 19.3 Å². The molecular weight excluding hydrogens is 288 g/mol. The summed E-state index contributed by atoms with van der Waals surface area (Å²) in [6, 6.07) is 6.71. The molecule has 0 aliphatic rings. The molecular formula is C16H19F2N3O. The summed E-state index contributed by atoms with van der Waals surface area (Å²) in [5, 5.41) is 3.20. The number of nitrogens with zero attached hydrogens (tertiary/aromatic N) is 1. The second-order valence-corrected chi connectivity index (χ2v) is 4.81. The van der Waals surface area contributed by atoms with Gasteiger partial charge in [0.25, 0.3) is 0 Å². The highest BCUT2D eigenvalue weighted by molar-refractivity contribution is 5.53. The first-order chi connectivity index (χ1) is 10.7. The molecule has 1 aromatic heterocycles. The second-order valence-electron chi connectivity index (χ2n) is 4.81. The number of anilines is 1. The molecule has 1 aromatic carbocycles. The lowest BCUT2D eigenvalue weighted by atomic mass is 10.2. The van der Waals surface area contributed by atoms with E-state index in [1.165, 1.54) is 6.07 Å². The Hall–Kier alpha value is -2.21. The van der Waals surface area contributed by atoms with E-state index in [9.17, 15) is 8.78 Å². The van der Waals surface area contributed by atoms with Crippen molar-refractivity contribution in [2.24, 2.45) is 5.73 Å². The van der Waals surface area contributed by atoms with Crippen LogP contribution in [0.4, 0.5) is 14.5 Å². The van der Waals surface area contributed by atoms with Crippen LogP contribution in [0.25, 0.3) is 0 Å². The molecule has 0 saturated carbocycles. The summed E-state index contributed by atoms with van der Waals surface area (Å²) < 4.78 is 32.0. The topological polar surface area (TPSA) is 60.2 Å². The van der Waals surface area contributed by atoms with E-state index < -0.39 is 11.6 Å². The Bertz CT molecular complexity index is 608. The average Bonchev–Trinajstić information content (AvgIpc) is 2.51. The number of benzene rings is 1. The Kier molecular flexibility index (Phi) is 6.09. The van der Waals surface area contributed by atoms with Crippen LogP contribution in [0.15, 0.2) is 36.5 Å². The van der Waals surface area contributed by atoms with E-state index in [2.05, 4.69) is 10.3 Å². The zero-order valence-electron chi connectivity index (χ0n) is 12.2. The molecule has 0 atom stereocenters. The lowest BCUT2D eigenvalue weighted by Gasteiger charge is -2.12. The molecule has 0 aliphatic heterocycles. The Morgan fingerprint density at radius 1 is 1.14 bits per heavy atom. The number of hydrogen-bond donors (Lipinski definition) is 2. The van der Waals surface area contributed by atoms with Crippen LogP contribution in [0.3, 0.4) is 0 Å². The molecule has 2 aromatic rings. The molecule has 0 amide bonds. The molecule has 0 radical (unpaired) electrons. The lowest BCUT2D eigenvalue weighted by Crippen LogP contribution is -2.05. The molecule has 6 heteroatoms. The van der Waals surface area contributed by atoms with Crippen LogP contribution in [0.5, 0.6) is 11.6 Å². The minimum absolute atomic E-state index is 0.0636. The van der Waals surface area contributed by atoms with Gasteiger partial charge in [-0.05, 0) is 43.7 Å². The predicted molar refractivity (Wildman–Crippen MR) is 82.1 cm³/mol. The summed E-state index contributed by atoms with van der Waals surface area (Å²) >= 11 is 0. The van der Waals surface area contributed by atoms with E-state index in [4.69, 9.17) is 10.5 Å². The van der Waals surface area contributed by atoms with E-state index >= 15 is 0 Å². The van der Waals surface area contributed by atoms with Gasteiger partial charge in [0, 0.05) is 18.8 Å². The van der Waals surface area contributed by atoms with Crippen LogP contribution >= 0.6 is 0 Å². The normalized spacial score (nSPS) is 10.5. The summed E-state index contributed by atoms with van der Waals surface area (Å²) in [5.41, 5.74) is 6.11. The number of aromatic nitrogens is 1. The maximum absolute atomic E-state index is 13.6. The minimum atomic E-state index is -0.764. The maximum atomic E-state index is 13.6. The van der Waals surface area contributed by atoms with Crippen molar-refractivity contribution in [2.45, 2.75) is 19.3 Å². The quantitative estimate of drug-likeness (QED) is 0.730. The van der Waals surface area contributed by atoms with Crippen molar-refractivity contribution >= 4 is 5.69 Å². The van der Waals surface area contributed by atoms with Gasteiger partial charge in [-0.2, -0.15) is 0 Å². The monoisotopic (exact) mass is 307 g/mol. The second kappa shape index (κ2) is 8.29. The highest BCUT2D eigenvalue weighted by Gasteiger charge is 2.10. The maximum Gasteiger partial charge on any atom is 0.242 e. The summed E-state index contributed by atoms with van der Waals surface area (Å²) in [4.78, 5) is 4.09. The van der Waals surface area contributed by atoms with Gasteiger partial charge in [-0.15, -0.1) is 0 Å². The zero-order chi connectivity index (χ0) is 15.8. The smallest absolute Gasteiger partial charge is 0.242 e. The van der Waals surface area contributed by atoms with Gasteiger partial charge < -0.3 is 15.8 Å². The van der Waals surface area contributed by atoms with Crippen molar-refractivity contribution in [3.05, 3.63) is 48.2 Å². The van der Waals surface area contributed by atoms with Crippen molar-refractivity contribution in [2.75, 3.05) is 18.4 Å². The molecule has 22 heavy (non-hydrogen) atoms. The van der Waals surface area contributed by atoms with Gasteiger partial charge in [0.1, 0.15) is 5.82 Å². The molecule has 0 fully saturated rings. The number of nitrogens with one attached hydrogen (secondary N) is 1. The first kappa shape index (κ1) is 16.2. The number of hydrogen-bond acceptors (Lipinski definition) is 4. The predicted octanol–water partition coefficient (Wildman–Crippen LogP) is 3.69. The van der Waals surface area contributed by atoms with Crippen molar-refractivity contribution < 1.29 is 13.5 Å². The van der Waals surface area contributed by atoms with E-state index in [0.29, 0.717) is 12.2 Å².